The van der Waals surface area contributed by atoms with Gasteiger partial charge in [0.05, 0.1) is 17.2 Å². The largest absolute Gasteiger partial charge is 0.481 e. The summed E-state index contributed by atoms with van der Waals surface area (Å²) in [5.41, 5.74) is 0.597. The summed E-state index contributed by atoms with van der Waals surface area (Å²) >= 11 is 0. The van der Waals surface area contributed by atoms with E-state index < -0.39 is 11.4 Å². The van der Waals surface area contributed by atoms with Gasteiger partial charge in [-0.2, -0.15) is 0 Å². The van der Waals surface area contributed by atoms with Crippen LogP contribution in [-0.4, -0.2) is 34.0 Å². The van der Waals surface area contributed by atoms with Crippen LogP contribution in [-0.2, 0) is 11.2 Å². The first-order valence-electron chi connectivity index (χ1n) is 8.24. The Hall–Kier alpha value is -2.56. The fraction of sp³-hybridized carbons (Fsp3) is 0.368. The predicted molar refractivity (Wildman–Crippen MR) is 86.5 cm³/mol. The molecule has 0 spiro atoms. The van der Waals surface area contributed by atoms with Crippen LogP contribution in [0.15, 0.2) is 53.3 Å². The lowest BCUT2D eigenvalue weighted by Crippen LogP contribution is -2.46. The van der Waals surface area contributed by atoms with Gasteiger partial charge in [-0.15, -0.1) is 0 Å². The van der Waals surface area contributed by atoms with Gasteiger partial charge in [0.2, 0.25) is 0 Å². The Kier molecular flexibility index (Phi) is 3.44. The van der Waals surface area contributed by atoms with Crippen molar-refractivity contribution in [2.24, 2.45) is 5.41 Å². The summed E-state index contributed by atoms with van der Waals surface area (Å²) in [5, 5.41) is 10.0. The number of carboxylic acids is 1. The van der Waals surface area contributed by atoms with Gasteiger partial charge in [-0.05, 0) is 37.3 Å². The number of aliphatic carboxylic acids is 1. The standard InChI is InChI=1S/C19H19NO4/c21-17(14-8-9-24-12-14)20-15-6-7-16(20)19(11-15,18(22)23)10-13-4-2-1-3-5-13/h1-5,8-9,12,15-16H,6-7,10-11H2,(H,22,23)/t15-,16+,19+/m0/s1. The smallest absolute Gasteiger partial charge is 0.312 e. The van der Waals surface area contributed by atoms with Gasteiger partial charge < -0.3 is 14.4 Å². The molecule has 2 saturated heterocycles. The van der Waals surface area contributed by atoms with Crippen molar-refractivity contribution in [2.75, 3.05) is 0 Å². The van der Waals surface area contributed by atoms with E-state index in [1.54, 1.807) is 11.0 Å². The number of nitrogens with zero attached hydrogens (tertiary/aromatic N) is 1. The predicted octanol–water partition coefficient (Wildman–Crippen LogP) is 2.97. The third-order valence-electron chi connectivity index (χ3n) is 5.53. The number of furan rings is 1. The van der Waals surface area contributed by atoms with E-state index in [1.807, 2.05) is 30.3 Å². The van der Waals surface area contributed by atoms with Crippen molar-refractivity contribution in [3.63, 3.8) is 0 Å². The number of benzene rings is 1. The summed E-state index contributed by atoms with van der Waals surface area (Å²) < 4.78 is 5.02. The highest BCUT2D eigenvalue weighted by atomic mass is 16.4. The first-order valence-corrected chi connectivity index (χ1v) is 8.24. The summed E-state index contributed by atoms with van der Waals surface area (Å²) in [6, 6.07) is 11.1. The first kappa shape index (κ1) is 15.0. The molecule has 2 aliphatic rings. The van der Waals surface area contributed by atoms with E-state index in [0.717, 1.165) is 18.4 Å². The summed E-state index contributed by atoms with van der Waals surface area (Å²) in [6.45, 7) is 0. The average Bonchev–Trinajstić information content (AvgIpc) is 3.30. The van der Waals surface area contributed by atoms with E-state index in [0.29, 0.717) is 18.4 Å². The molecule has 4 rings (SSSR count). The number of carboxylic acid groups (broad SMARTS) is 1. The fourth-order valence-electron chi connectivity index (χ4n) is 4.48. The second-order valence-electron chi connectivity index (χ2n) is 6.80. The van der Waals surface area contributed by atoms with Crippen molar-refractivity contribution < 1.29 is 19.1 Å². The highest BCUT2D eigenvalue weighted by Gasteiger charge is 2.61. The maximum atomic E-state index is 12.8. The summed E-state index contributed by atoms with van der Waals surface area (Å²) in [6.07, 6.45) is 5.50. The zero-order valence-corrected chi connectivity index (χ0v) is 13.2. The first-order chi connectivity index (χ1) is 11.6. The van der Waals surface area contributed by atoms with Crippen molar-refractivity contribution in [3.8, 4) is 0 Å². The minimum atomic E-state index is -0.899. The topological polar surface area (TPSA) is 70.8 Å². The normalized spacial score (nSPS) is 28.2. The molecule has 3 atom stereocenters. The Balaban J connectivity index is 1.68. The lowest BCUT2D eigenvalue weighted by Gasteiger charge is -2.33. The third-order valence-corrected chi connectivity index (χ3v) is 5.53. The van der Waals surface area contributed by atoms with Gasteiger partial charge in [0.25, 0.3) is 5.91 Å². The van der Waals surface area contributed by atoms with Gasteiger partial charge in [-0.1, -0.05) is 30.3 Å². The number of hydrogen-bond acceptors (Lipinski definition) is 3. The van der Waals surface area contributed by atoms with Crippen LogP contribution in [0.25, 0.3) is 0 Å². The van der Waals surface area contributed by atoms with Crippen LogP contribution in [0.2, 0.25) is 0 Å². The van der Waals surface area contributed by atoms with Crippen LogP contribution >= 0.6 is 0 Å². The van der Waals surface area contributed by atoms with Gasteiger partial charge in [0, 0.05) is 12.1 Å². The molecule has 0 aliphatic carbocycles. The number of carbonyl (C=O) groups is 2. The van der Waals surface area contributed by atoms with Crippen molar-refractivity contribution in [1.82, 2.24) is 4.90 Å². The highest BCUT2D eigenvalue weighted by Crippen LogP contribution is 2.52. The van der Waals surface area contributed by atoms with Crippen LogP contribution in [0, 0.1) is 5.41 Å². The molecule has 2 aromatic rings. The second kappa shape index (κ2) is 5.51. The van der Waals surface area contributed by atoms with Crippen molar-refractivity contribution in [2.45, 2.75) is 37.8 Å². The molecule has 2 bridgehead atoms. The maximum absolute atomic E-state index is 12.8. The number of carbonyl (C=O) groups excluding carboxylic acids is 1. The van der Waals surface area contributed by atoms with Gasteiger partial charge in [-0.3, -0.25) is 9.59 Å². The number of hydrogen-bond donors (Lipinski definition) is 1. The zero-order valence-electron chi connectivity index (χ0n) is 13.2. The molecule has 1 aromatic carbocycles. The highest BCUT2D eigenvalue weighted by molar-refractivity contribution is 5.95. The fourth-order valence-corrected chi connectivity index (χ4v) is 4.48. The Morgan fingerprint density at radius 3 is 2.67 bits per heavy atom. The molecule has 5 nitrogen and oxygen atoms in total. The van der Waals surface area contributed by atoms with Crippen LogP contribution in [0.3, 0.4) is 0 Å². The van der Waals surface area contributed by atoms with Gasteiger partial charge >= 0.3 is 5.97 Å². The third kappa shape index (κ3) is 2.15. The zero-order chi connectivity index (χ0) is 16.7. The number of amides is 1. The molecule has 0 radical (unpaired) electrons. The molecular weight excluding hydrogens is 306 g/mol. The lowest BCUT2D eigenvalue weighted by atomic mass is 9.70. The molecule has 24 heavy (non-hydrogen) atoms. The quantitative estimate of drug-likeness (QED) is 0.938. The lowest BCUT2D eigenvalue weighted by molar-refractivity contribution is -0.150. The number of fused-ring (bicyclic) bond motifs is 2. The molecular formula is C19H19NO4. The monoisotopic (exact) mass is 325 g/mol. The second-order valence-corrected chi connectivity index (χ2v) is 6.80. The van der Waals surface area contributed by atoms with Crippen molar-refractivity contribution in [3.05, 3.63) is 60.1 Å². The van der Waals surface area contributed by atoms with E-state index in [4.69, 9.17) is 4.42 Å². The van der Waals surface area contributed by atoms with E-state index in [1.165, 1.54) is 12.5 Å². The van der Waals surface area contributed by atoms with E-state index in [2.05, 4.69) is 0 Å². The minimum absolute atomic E-state index is 0.00258. The SMILES string of the molecule is O=C(c1ccoc1)N1[C@H]2CC[C@@H]1[C@](Cc1ccccc1)(C(=O)O)C2. The van der Waals surface area contributed by atoms with Gasteiger partial charge in [-0.25, -0.2) is 0 Å². The summed E-state index contributed by atoms with van der Waals surface area (Å²) in [4.78, 5) is 26.8. The Bertz CT molecular complexity index is 755. The average molecular weight is 325 g/mol. The van der Waals surface area contributed by atoms with E-state index in [-0.39, 0.29) is 18.0 Å². The van der Waals surface area contributed by atoms with Crippen LogP contribution in [0.5, 0.6) is 0 Å². The minimum Gasteiger partial charge on any atom is -0.481 e. The van der Waals surface area contributed by atoms with Crippen LogP contribution < -0.4 is 0 Å². The molecule has 124 valence electrons. The molecule has 1 aromatic heterocycles. The Morgan fingerprint density at radius 2 is 2.00 bits per heavy atom. The number of rotatable bonds is 4. The molecule has 2 fully saturated rings. The Morgan fingerprint density at radius 1 is 1.21 bits per heavy atom. The summed E-state index contributed by atoms with van der Waals surface area (Å²) in [7, 11) is 0. The van der Waals surface area contributed by atoms with Crippen molar-refractivity contribution in [1.29, 1.82) is 0 Å². The maximum Gasteiger partial charge on any atom is 0.312 e. The molecule has 2 aliphatic heterocycles. The molecule has 1 amide bonds. The molecule has 5 heteroatoms. The molecule has 0 unspecified atom stereocenters. The van der Waals surface area contributed by atoms with Crippen molar-refractivity contribution >= 4 is 11.9 Å². The molecule has 3 heterocycles. The van der Waals surface area contributed by atoms with Crippen LogP contribution in [0.4, 0.5) is 0 Å². The van der Waals surface area contributed by atoms with E-state index in [9.17, 15) is 14.7 Å². The molecule has 0 saturated carbocycles. The summed E-state index contributed by atoms with van der Waals surface area (Å²) in [5.74, 6) is -0.920. The molecule has 1 N–H and O–H groups in total. The Labute approximate surface area is 139 Å². The van der Waals surface area contributed by atoms with Gasteiger partial charge in [0.15, 0.2) is 0 Å². The van der Waals surface area contributed by atoms with Crippen LogP contribution in [0.1, 0.15) is 35.2 Å². The van der Waals surface area contributed by atoms with Gasteiger partial charge in [0.1, 0.15) is 6.26 Å². The van der Waals surface area contributed by atoms with E-state index >= 15 is 0 Å².